The normalized spacial score (nSPS) is 10.9. The average molecular weight is 278 g/mol. The maximum Gasteiger partial charge on any atom is 0.226 e. The maximum atomic E-state index is 13.3. The van der Waals surface area contributed by atoms with Crippen molar-refractivity contribution in [1.29, 1.82) is 0 Å². The van der Waals surface area contributed by atoms with Crippen molar-refractivity contribution < 1.29 is 4.39 Å². The van der Waals surface area contributed by atoms with Crippen LogP contribution in [0.15, 0.2) is 30.5 Å². The van der Waals surface area contributed by atoms with Crippen LogP contribution in [0.4, 0.5) is 15.9 Å². The van der Waals surface area contributed by atoms with Gasteiger partial charge in [-0.25, -0.2) is 4.39 Å². The first-order chi connectivity index (χ1) is 9.15. The van der Waals surface area contributed by atoms with E-state index in [2.05, 4.69) is 20.2 Å². The largest absolute Gasteiger partial charge is 0.329 e. The molecule has 3 rings (SSSR count). The topological polar surface area (TPSA) is 57.7 Å². The number of benzene rings is 1. The molecule has 0 radical (unpaired) electrons. The van der Waals surface area contributed by atoms with Crippen LogP contribution in [-0.2, 0) is 0 Å². The Hall–Kier alpha value is -2.21. The van der Waals surface area contributed by atoms with Crippen LogP contribution in [0.2, 0.25) is 5.28 Å². The molecular weight excluding hydrogens is 269 g/mol. The summed E-state index contributed by atoms with van der Waals surface area (Å²) in [4.78, 5) is 9.93. The molecule has 3 aromatic rings. The molecule has 2 aromatic heterocycles. The number of aromatic amines is 1. The zero-order valence-corrected chi connectivity index (χ0v) is 10.7. The van der Waals surface area contributed by atoms with Crippen LogP contribution in [0.3, 0.4) is 0 Å². The average Bonchev–Trinajstić information content (AvgIpc) is 2.85. The van der Waals surface area contributed by atoms with Crippen molar-refractivity contribution in [1.82, 2.24) is 20.2 Å². The molecule has 0 bridgehead atoms. The molecule has 2 heterocycles. The van der Waals surface area contributed by atoms with E-state index in [0.29, 0.717) is 17.2 Å². The molecule has 5 nitrogen and oxygen atoms in total. The van der Waals surface area contributed by atoms with Gasteiger partial charge < -0.3 is 4.90 Å². The van der Waals surface area contributed by atoms with Gasteiger partial charge in [0.15, 0.2) is 5.65 Å². The second kappa shape index (κ2) is 4.47. The Labute approximate surface area is 113 Å². The summed E-state index contributed by atoms with van der Waals surface area (Å²) in [6.45, 7) is 0. The minimum absolute atomic E-state index is 0.106. The van der Waals surface area contributed by atoms with E-state index in [1.807, 2.05) is 0 Å². The lowest BCUT2D eigenvalue weighted by atomic mass is 10.2. The summed E-state index contributed by atoms with van der Waals surface area (Å²) in [6, 6.07) is 6.22. The van der Waals surface area contributed by atoms with Crippen LogP contribution in [0.1, 0.15) is 0 Å². The van der Waals surface area contributed by atoms with Gasteiger partial charge >= 0.3 is 0 Å². The van der Waals surface area contributed by atoms with E-state index < -0.39 is 0 Å². The SMILES string of the molecule is CN(c1cccc(F)c1)c1nc(Cl)nc2[nH]ncc12. The molecule has 0 saturated heterocycles. The Morgan fingerprint density at radius 3 is 2.95 bits per heavy atom. The number of nitrogens with zero attached hydrogens (tertiary/aromatic N) is 4. The molecule has 1 N–H and O–H groups in total. The van der Waals surface area contributed by atoms with E-state index in [1.54, 1.807) is 30.3 Å². The minimum Gasteiger partial charge on any atom is -0.329 e. The fraction of sp³-hybridized carbons (Fsp3) is 0.0833. The zero-order chi connectivity index (χ0) is 13.4. The van der Waals surface area contributed by atoms with Gasteiger partial charge in [-0.15, -0.1) is 0 Å². The highest BCUT2D eigenvalue weighted by Gasteiger charge is 2.14. The molecule has 0 saturated carbocycles. The number of hydrogen-bond acceptors (Lipinski definition) is 4. The van der Waals surface area contributed by atoms with Crippen LogP contribution in [-0.4, -0.2) is 27.2 Å². The Morgan fingerprint density at radius 2 is 2.16 bits per heavy atom. The number of halogens is 2. The zero-order valence-electron chi connectivity index (χ0n) is 9.93. The lowest BCUT2D eigenvalue weighted by Gasteiger charge is -2.18. The van der Waals surface area contributed by atoms with Gasteiger partial charge in [-0.1, -0.05) is 6.07 Å². The van der Waals surface area contributed by atoms with Gasteiger partial charge in [0.25, 0.3) is 0 Å². The maximum absolute atomic E-state index is 13.3. The van der Waals surface area contributed by atoms with E-state index in [1.165, 1.54) is 12.1 Å². The summed E-state index contributed by atoms with van der Waals surface area (Å²) < 4.78 is 13.3. The molecule has 7 heteroatoms. The molecule has 0 unspecified atom stereocenters. The Morgan fingerprint density at radius 1 is 1.32 bits per heavy atom. The third kappa shape index (κ3) is 2.10. The number of aromatic nitrogens is 4. The monoisotopic (exact) mass is 277 g/mol. The molecule has 0 aliphatic heterocycles. The summed E-state index contributed by atoms with van der Waals surface area (Å²) in [7, 11) is 1.78. The van der Waals surface area contributed by atoms with Crippen molar-refractivity contribution in [2.45, 2.75) is 0 Å². The van der Waals surface area contributed by atoms with E-state index >= 15 is 0 Å². The molecule has 0 spiro atoms. The molecule has 96 valence electrons. The van der Waals surface area contributed by atoms with Gasteiger partial charge in [0.1, 0.15) is 11.6 Å². The molecule has 0 amide bonds. The molecule has 0 atom stereocenters. The van der Waals surface area contributed by atoms with Crippen molar-refractivity contribution in [2.75, 3.05) is 11.9 Å². The highest BCUT2D eigenvalue weighted by molar-refractivity contribution is 6.28. The van der Waals surface area contributed by atoms with E-state index in [-0.39, 0.29) is 11.1 Å². The molecular formula is C12H9ClFN5. The molecule has 19 heavy (non-hydrogen) atoms. The smallest absolute Gasteiger partial charge is 0.226 e. The first-order valence-electron chi connectivity index (χ1n) is 5.51. The predicted molar refractivity (Wildman–Crippen MR) is 71.2 cm³/mol. The molecule has 0 fully saturated rings. The molecule has 0 aliphatic rings. The quantitative estimate of drug-likeness (QED) is 0.732. The van der Waals surface area contributed by atoms with E-state index in [9.17, 15) is 4.39 Å². The van der Waals surface area contributed by atoms with Crippen LogP contribution >= 0.6 is 11.6 Å². The number of anilines is 2. The number of rotatable bonds is 2. The summed E-state index contributed by atoms with van der Waals surface area (Å²) in [5.41, 5.74) is 1.20. The van der Waals surface area contributed by atoms with Gasteiger partial charge in [-0.2, -0.15) is 15.1 Å². The fourth-order valence-electron chi connectivity index (χ4n) is 1.86. The van der Waals surface area contributed by atoms with Crippen LogP contribution in [0.25, 0.3) is 11.0 Å². The van der Waals surface area contributed by atoms with Crippen molar-refractivity contribution in [3.63, 3.8) is 0 Å². The summed E-state index contributed by atoms with van der Waals surface area (Å²) in [5.74, 6) is 0.252. The third-order valence-electron chi connectivity index (χ3n) is 2.78. The van der Waals surface area contributed by atoms with Crippen LogP contribution in [0.5, 0.6) is 0 Å². The Kier molecular flexibility index (Phi) is 2.79. The van der Waals surface area contributed by atoms with Crippen molar-refractivity contribution >= 4 is 34.1 Å². The van der Waals surface area contributed by atoms with Gasteiger partial charge in [-0.3, -0.25) is 5.10 Å². The van der Waals surface area contributed by atoms with Crippen molar-refractivity contribution in [2.24, 2.45) is 0 Å². The third-order valence-corrected chi connectivity index (χ3v) is 2.94. The highest BCUT2D eigenvalue weighted by atomic mass is 35.5. The first-order valence-corrected chi connectivity index (χ1v) is 5.89. The second-order valence-corrected chi connectivity index (χ2v) is 4.33. The number of fused-ring (bicyclic) bond motifs is 1. The molecule has 1 aromatic carbocycles. The Bertz CT molecular complexity index is 742. The van der Waals surface area contributed by atoms with E-state index in [4.69, 9.17) is 11.6 Å². The molecule has 0 aliphatic carbocycles. The number of nitrogens with one attached hydrogen (secondary N) is 1. The van der Waals surface area contributed by atoms with Gasteiger partial charge in [-0.05, 0) is 29.8 Å². The van der Waals surface area contributed by atoms with Crippen LogP contribution < -0.4 is 4.90 Å². The summed E-state index contributed by atoms with van der Waals surface area (Å²) in [5, 5.41) is 7.47. The lowest BCUT2D eigenvalue weighted by molar-refractivity contribution is 0.628. The first kappa shape index (κ1) is 11.9. The predicted octanol–water partition coefficient (Wildman–Crippen LogP) is 2.91. The second-order valence-electron chi connectivity index (χ2n) is 3.99. The standard InChI is InChI=1S/C12H9ClFN5/c1-19(8-4-2-3-7(14)5-8)11-9-6-15-18-10(9)16-12(13)17-11/h2-6H,1H3,(H,15,16,17,18). The van der Waals surface area contributed by atoms with Crippen molar-refractivity contribution in [3.05, 3.63) is 41.6 Å². The highest BCUT2D eigenvalue weighted by Crippen LogP contribution is 2.28. The fourth-order valence-corrected chi connectivity index (χ4v) is 2.02. The Balaban J connectivity index is 2.15. The lowest BCUT2D eigenvalue weighted by Crippen LogP contribution is -2.12. The number of hydrogen-bond donors (Lipinski definition) is 1. The summed E-state index contributed by atoms with van der Waals surface area (Å²) >= 11 is 5.87. The van der Waals surface area contributed by atoms with Gasteiger partial charge in [0.05, 0.1) is 11.6 Å². The van der Waals surface area contributed by atoms with Gasteiger partial charge in [0, 0.05) is 12.7 Å². The summed E-state index contributed by atoms with van der Waals surface area (Å²) in [6.07, 6.45) is 1.61. The minimum atomic E-state index is -0.312. The number of H-pyrrole nitrogens is 1. The van der Waals surface area contributed by atoms with E-state index in [0.717, 1.165) is 5.39 Å². The van der Waals surface area contributed by atoms with Crippen molar-refractivity contribution in [3.8, 4) is 0 Å². The van der Waals surface area contributed by atoms with Crippen LogP contribution in [0, 0.1) is 5.82 Å². The van der Waals surface area contributed by atoms with Gasteiger partial charge in [0.2, 0.25) is 5.28 Å².